The lowest BCUT2D eigenvalue weighted by molar-refractivity contribution is -0.137. The molecule has 4 aromatic rings. The van der Waals surface area contributed by atoms with Gasteiger partial charge in [0, 0.05) is 17.8 Å². The second-order valence-corrected chi connectivity index (χ2v) is 9.57. The Morgan fingerprint density at radius 3 is 2.12 bits per heavy atom. The minimum Gasteiger partial charge on any atom is -0.497 e. The number of alkyl halides is 3. The van der Waals surface area contributed by atoms with Gasteiger partial charge in [-0.05, 0) is 71.3 Å². The fourth-order valence-electron chi connectivity index (χ4n) is 5.14. The van der Waals surface area contributed by atoms with Crippen molar-refractivity contribution in [2.75, 3.05) is 19.1 Å². The van der Waals surface area contributed by atoms with Crippen LogP contribution in [0, 0.1) is 0 Å². The van der Waals surface area contributed by atoms with Crippen molar-refractivity contribution in [3.05, 3.63) is 125 Å². The highest BCUT2D eigenvalue weighted by molar-refractivity contribution is 6.11. The number of ether oxygens (including phenoxy) is 2. The average molecular weight is 561 g/mol. The first-order chi connectivity index (χ1) is 19.7. The molecule has 1 aliphatic rings. The standard InChI is InChI=1S/C32H27F3N2O4/c1-40-24-14-10-21(11-15-24)29-28(30(38)36-19-20-6-5-7-22(18-20)32(33,34)35)26-8-3-4-9-27(26)31(39)37(29)23-12-16-25(41-2)17-13-23/h3-18,28-29H,19H2,1-2H3,(H,36,38)/t28-,29+/m1/s1. The third-order valence-corrected chi connectivity index (χ3v) is 7.15. The summed E-state index contributed by atoms with van der Waals surface area (Å²) in [5.41, 5.74) is 1.66. The number of carbonyl (C=O) groups excluding carboxylic acids is 2. The van der Waals surface area contributed by atoms with Crippen LogP contribution in [0.25, 0.3) is 0 Å². The Morgan fingerprint density at radius 2 is 1.49 bits per heavy atom. The number of hydrogen-bond donors (Lipinski definition) is 1. The summed E-state index contributed by atoms with van der Waals surface area (Å²) >= 11 is 0. The zero-order valence-electron chi connectivity index (χ0n) is 22.3. The number of rotatable bonds is 7. The molecule has 4 aromatic carbocycles. The Balaban J connectivity index is 1.58. The first-order valence-electron chi connectivity index (χ1n) is 12.9. The van der Waals surface area contributed by atoms with Crippen LogP contribution in [0.3, 0.4) is 0 Å². The van der Waals surface area contributed by atoms with Gasteiger partial charge in [-0.2, -0.15) is 13.2 Å². The zero-order chi connectivity index (χ0) is 29.1. The number of fused-ring (bicyclic) bond motifs is 1. The van der Waals surface area contributed by atoms with E-state index in [-0.39, 0.29) is 12.5 Å². The van der Waals surface area contributed by atoms with Crippen LogP contribution in [0.4, 0.5) is 18.9 Å². The molecule has 0 saturated carbocycles. The molecular weight excluding hydrogens is 533 g/mol. The van der Waals surface area contributed by atoms with E-state index in [1.165, 1.54) is 12.1 Å². The van der Waals surface area contributed by atoms with E-state index in [9.17, 15) is 22.8 Å². The molecule has 5 rings (SSSR count). The second kappa shape index (κ2) is 11.4. The largest absolute Gasteiger partial charge is 0.497 e. The van der Waals surface area contributed by atoms with Crippen LogP contribution in [-0.2, 0) is 17.5 Å². The summed E-state index contributed by atoms with van der Waals surface area (Å²) in [5.74, 6) is -0.367. The molecule has 6 nitrogen and oxygen atoms in total. The van der Waals surface area contributed by atoms with Crippen LogP contribution in [0.1, 0.15) is 44.6 Å². The van der Waals surface area contributed by atoms with Crippen LogP contribution >= 0.6 is 0 Å². The van der Waals surface area contributed by atoms with Gasteiger partial charge in [-0.25, -0.2) is 0 Å². The predicted molar refractivity (Wildman–Crippen MR) is 148 cm³/mol. The monoisotopic (exact) mass is 560 g/mol. The van der Waals surface area contributed by atoms with Crippen LogP contribution in [0.2, 0.25) is 0 Å². The van der Waals surface area contributed by atoms with Crippen LogP contribution in [-0.4, -0.2) is 26.0 Å². The maximum Gasteiger partial charge on any atom is 0.416 e. The van der Waals surface area contributed by atoms with E-state index in [1.54, 1.807) is 91.9 Å². The number of methoxy groups -OCH3 is 2. The third-order valence-electron chi connectivity index (χ3n) is 7.15. The highest BCUT2D eigenvalue weighted by atomic mass is 19.4. The van der Waals surface area contributed by atoms with E-state index < -0.39 is 29.6 Å². The molecule has 2 amide bonds. The molecule has 1 N–H and O–H groups in total. The molecule has 0 radical (unpaired) electrons. The molecule has 0 fully saturated rings. The van der Waals surface area contributed by atoms with E-state index in [0.717, 1.165) is 12.1 Å². The van der Waals surface area contributed by atoms with Gasteiger partial charge in [0.15, 0.2) is 0 Å². The first-order valence-corrected chi connectivity index (χ1v) is 12.9. The Labute approximate surface area is 235 Å². The molecule has 0 bridgehead atoms. The quantitative estimate of drug-likeness (QED) is 0.279. The summed E-state index contributed by atoms with van der Waals surface area (Å²) in [6.07, 6.45) is -4.50. The van der Waals surface area contributed by atoms with Gasteiger partial charge in [0.05, 0.1) is 31.7 Å². The molecule has 41 heavy (non-hydrogen) atoms. The van der Waals surface area contributed by atoms with Crippen molar-refractivity contribution < 1.29 is 32.2 Å². The zero-order valence-corrected chi connectivity index (χ0v) is 22.3. The van der Waals surface area contributed by atoms with Crippen molar-refractivity contribution in [2.45, 2.75) is 24.7 Å². The molecule has 1 heterocycles. The lowest BCUT2D eigenvalue weighted by atomic mass is 9.78. The first kappa shape index (κ1) is 27.8. The van der Waals surface area contributed by atoms with Crippen molar-refractivity contribution in [3.8, 4) is 11.5 Å². The smallest absolute Gasteiger partial charge is 0.416 e. The van der Waals surface area contributed by atoms with Gasteiger partial charge < -0.3 is 14.8 Å². The number of anilines is 1. The van der Waals surface area contributed by atoms with Crippen LogP contribution < -0.4 is 19.7 Å². The summed E-state index contributed by atoms with van der Waals surface area (Å²) in [7, 11) is 3.09. The summed E-state index contributed by atoms with van der Waals surface area (Å²) in [6, 6.07) is 25.0. The Bertz CT molecular complexity index is 1550. The minimum absolute atomic E-state index is 0.118. The summed E-state index contributed by atoms with van der Waals surface area (Å²) in [5, 5.41) is 2.83. The number of benzene rings is 4. The number of halogens is 3. The van der Waals surface area contributed by atoms with Gasteiger partial charge in [-0.15, -0.1) is 0 Å². The van der Waals surface area contributed by atoms with Gasteiger partial charge >= 0.3 is 6.18 Å². The number of nitrogens with zero attached hydrogens (tertiary/aromatic N) is 1. The number of amides is 2. The SMILES string of the molecule is COc1ccc([C@H]2[C@H](C(=O)NCc3cccc(C(F)(F)F)c3)c3ccccc3C(=O)N2c2ccc(OC)cc2)cc1. The maximum absolute atomic E-state index is 14.0. The van der Waals surface area contributed by atoms with Crippen molar-refractivity contribution in [1.29, 1.82) is 0 Å². The number of hydrogen-bond acceptors (Lipinski definition) is 4. The maximum atomic E-state index is 14.0. The van der Waals surface area contributed by atoms with Gasteiger partial charge in [0.2, 0.25) is 5.91 Å². The highest BCUT2D eigenvalue weighted by Gasteiger charge is 2.45. The van der Waals surface area contributed by atoms with Crippen molar-refractivity contribution in [3.63, 3.8) is 0 Å². The fraction of sp³-hybridized carbons (Fsp3) is 0.188. The summed E-state index contributed by atoms with van der Waals surface area (Å²) < 4.78 is 50.4. The van der Waals surface area contributed by atoms with Gasteiger partial charge in [0.25, 0.3) is 5.91 Å². The Kier molecular flexibility index (Phi) is 7.70. The van der Waals surface area contributed by atoms with E-state index in [4.69, 9.17) is 9.47 Å². The molecule has 0 unspecified atom stereocenters. The molecule has 9 heteroatoms. The van der Waals surface area contributed by atoms with E-state index >= 15 is 0 Å². The second-order valence-electron chi connectivity index (χ2n) is 9.57. The highest BCUT2D eigenvalue weighted by Crippen LogP contribution is 2.45. The third kappa shape index (κ3) is 5.61. The molecule has 210 valence electrons. The number of nitrogens with one attached hydrogen (secondary N) is 1. The summed E-state index contributed by atoms with van der Waals surface area (Å²) in [4.78, 5) is 29.6. The van der Waals surface area contributed by atoms with Crippen molar-refractivity contribution in [2.24, 2.45) is 0 Å². The van der Waals surface area contributed by atoms with E-state index in [1.807, 2.05) is 0 Å². The molecule has 0 spiro atoms. The molecule has 0 aromatic heterocycles. The molecule has 2 atom stereocenters. The predicted octanol–water partition coefficient (Wildman–Crippen LogP) is 6.52. The lowest BCUT2D eigenvalue weighted by Crippen LogP contribution is -2.47. The van der Waals surface area contributed by atoms with Crippen molar-refractivity contribution >= 4 is 17.5 Å². The van der Waals surface area contributed by atoms with Crippen LogP contribution in [0.15, 0.2) is 97.1 Å². The van der Waals surface area contributed by atoms with Gasteiger partial charge in [-0.1, -0.05) is 42.5 Å². The fourth-order valence-corrected chi connectivity index (χ4v) is 5.14. The Hall–Kier alpha value is -4.79. The minimum atomic E-state index is -4.50. The lowest BCUT2D eigenvalue weighted by Gasteiger charge is -2.42. The molecule has 1 aliphatic heterocycles. The van der Waals surface area contributed by atoms with E-state index in [2.05, 4.69) is 5.32 Å². The van der Waals surface area contributed by atoms with E-state index in [0.29, 0.717) is 39.4 Å². The molecule has 0 saturated heterocycles. The topological polar surface area (TPSA) is 67.9 Å². The normalized spacial score (nSPS) is 16.6. The van der Waals surface area contributed by atoms with Crippen molar-refractivity contribution in [1.82, 2.24) is 5.32 Å². The average Bonchev–Trinajstić information content (AvgIpc) is 2.99. The van der Waals surface area contributed by atoms with Gasteiger partial charge in [-0.3, -0.25) is 14.5 Å². The van der Waals surface area contributed by atoms with Crippen LogP contribution in [0.5, 0.6) is 11.5 Å². The number of carbonyl (C=O) groups is 2. The summed E-state index contributed by atoms with van der Waals surface area (Å²) in [6.45, 7) is -0.118. The molecule has 0 aliphatic carbocycles. The van der Waals surface area contributed by atoms with Gasteiger partial charge in [0.1, 0.15) is 11.5 Å². The Morgan fingerprint density at radius 1 is 0.854 bits per heavy atom. The molecular formula is C32H27F3N2O4.